The summed E-state index contributed by atoms with van der Waals surface area (Å²) in [6.45, 7) is 8.92. The molecule has 5 heteroatoms. The smallest absolute Gasteiger partial charge is 0.305 e. The van der Waals surface area contributed by atoms with Gasteiger partial charge in [0.2, 0.25) is 5.91 Å². The van der Waals surface area contributed by atoms with Crippen molar-refractivity contribution in [3.63, 3.8) is 0 Å². The van der Waals surface area contributed by atoms with Gasteiger partial charge in [-0.1, -0.05) is 5.57 Å². The summed E-state index contributed by atoms with van der Waals surface area (Å²) in [6.07, 6.45) is 2.37. The number of carbonyl (C=O) groups excluding carboxylic acids is 1. The minimum Gasteiger partial charge on any atom is -0.481 e. The molecule has 0 fully saturated rings. The molecule has 0 unspecified atom stereocenters. The molecule has 0 aromatic carbocycles. The number of carbonyl (C=O) groups is 2. The average molecular weight is 271 g/mol. The van der Waals surface area contributed by atoms with Gasteiger partial charge in [-0.25, -0.2) is 0 Å². The highest BCUT2D eigenvalue weighted by atomic mass is 16.5. The Labute approximate surface area is 115 Å². The Hall–Kier alpha value is -1.36. The van der Waals surface area contributed by atoms with Crippen LogP contribution in [-0.2, 0) is 14.3 Å². The van der Waals surface area contributed by atoms with E-state index in [0.29, 0.717) is 19.6 Å². The number of ether oxygens (including phenoxy) is 1. The maximum atomic E-state index is 11.9. The third kappa shape index (κ3) is 10.3. The SMILES string of the molecule is CC(C)=CC(=O)N(CCCOC(C)C)CCC(=O)O. The monoisotopic (exact) mass is 271 g/mol. The Bertz CT molecular complexity index is 319. The fourth-order valence-electron chi connectivity index (χ4n) is 1.48. The predicted molar refractivity (Wildman–Crippen MR) is 74.0 cm³/mol. The van der Waals surface area contributed by atoms with Crippen molar-refractivity contribution in [2.24, 2.45) is 0 Å². The van der Waals surface area contributed by atoms with E-state index in [-0.39, 0.29) is 25.0 Å². The number of carboxylic acids is 1. The first-order valence-electron chi connectivity index (χ1n) is 6.60. The number of aliphatic carboxylic acids is 1. The lowest BCUT2D eigenvalue weighted by molar-refractivity contribution is -0.138. The average Bonchev–Trinajstić information content (AvgIpc) is 2.26. The Balaban J connectivity index is 4.29. The minimum absolute atomic E-state index is 0.0343. The molecule has 0 rings (SSSR count). The second-order valence-corrected chi connectivity index (χ2v) is 4.96. The van der Waals surface area contributed by atoms with E-state index >= 15 is 0 Å². The van der Waals surface area contributed by atoms with Crippen LogP contribution in [0, 0.1) is 0 Å². The summed E-state index contributed by atoms with van der Waals surface area (Å²) in [6, 6.07) is 0. The third-order valence-corrected chi connectivity index (χ3v) is 2.34. The Kier molecular flexibility index (Phi) is 8.87. The van der Waals surface area contributed by atoms with Gasteiger partial charge in [-0.05, 0) is 34.1 Å². The van der Waals surface area contributed by atoms with Crippen LogP contribution in [-0.4, -0.2) is 47.7 Å². The zero-order valence-corrected chi connectivity index (χ0v) is 12.3. The van der Waals surface area contributed by atoms with Crippen LogP contribution >= 0.6 is 0 Å². The van der Waals surface area contributed by atoms with Gasteiger partial charge in [0.1, 0.15) is 0 Å². The van der Waals surface area contributed by atoms with Crippen molar-refractivity contribution in [1.29, 1.82) is 0 Å². The van der Waals surface area contributed by atoms with Gasteiger partial charge in [0, 0.05) is 25.8 Å². The van der Waals surface area contributed by atoms with Crippen LogP contribution < -0.4 is 0 Å². The van der Waals surface area contributed by atoms with Crippen LogP contribution in [0.2, 0.25) is 0 Å². The number of amides is 1. The molecule has 0 heterocycles. The summed E-state index contributed by atoms with van der Waals surface area (Å²) < 4.78 is 5.41. The summed E-state index contributed by atoms with van der Waals surface area (Å²) in [4.78, 5) is 24.1. The molecule has 0 bridgehead atoms. The standard InChI is InChI=1S/C14H25NO4/c1-11(2)10-13(16)15(8-6-14(17)18)7-5-9-19-12(3)4/h10,12H,5-9H2,1-4H3,(H,17,18). The molecule has 0 spiro atoms. The van der Waals surface area contributed by atoms with Gasteiger partial charge in [-0.2, -0.15) is 0 Å². The zero-order chi connectivity index (χ0) is 14.8. The molecule has 5 nitrogen and oxygen atoms in total. The quantitative estimate of drug-likeness (QED) is 0.515. The Morgan fingerprint density at radius 3 is 2.37 bits per heavy atom. The van der Waals surface area contributed by atoms with E-state index < -0.39 is 5.97 Å². The van der Waals surface area contributed by atoms with Crippen molar-refractivity contribution in [1.82, 2.24) is 4.90 Å². The van der Waals surface area contributed by atoms with E-state index in [9.17, 15) is 9.59 Å². The molecule has 0 aromatic heterocycles. The molecule has 1 amide bonds. The van der Waals surface area contributed by atoms with Crippen molar-refractivity contribution in [2.45, 2.75) is 46.6 Å². The second kappa shape index (κ2) is 9.55. The molecule has 0 aromatic rings. The Morgan fingerprint density at radius 1 is 1.26 bits per heavy atom. The molecule has 0 aliphatic rings. The van der Waals surface area contributed by atoms with E-state index in [0.717, 1.165) is 5.57 Å². The van der Waals surface area contributed by atoms with Gasteiger partial charge < -0.3 is 14.7 Å². The van der Waals surface area contributed by atoms with Gasteiger partial charge in [0.25, 0.3) is 0 Å². The first-order valence-corrected chi connectivity index (χ1v) is 6.60. The van der Waals surface area contributed by atoms with Crippen LogP contribution in [0.3, 0.4) is 0 Å². The number of hydrogen-bond donors (Lipinski definition) is 1. The summed E-state index contributed by atoms with van der Waals surface area (Å²) in [5, 5.41) is 8.69. The minimum atomic E-state index is -0.895. The molecule has 0 saturated heterocycles. The van der Waals surface area contributed by atoms with Gasteiger partial charge in [0.15, 0.2) is 0 Å². The van der Waals surface area contributed by atoms with Crippen LogP contribution in [0.5, 0.6) is 0 Å². The summed E-state index contributed by atoms with van der Waals surface area (Å²) in [7, 11) is 0. The lowest BCUT2D eigenvalue weighted by Gasteiger charge is -2.21. The maximum Gasteiger partial charge on any atom is 0.305 e. The molecule has 110 valence electrons. The molecule has 0 radical (unpaired) electrons. The van der Waals surface area contributed by atoms with Crippen molar-refractivity contribution >= 4 is 11.9 Å². The topological polar surface area (TPSA) is 66.8 Å². The lowest BCUT2D eigenvalue weighted by atomic mass is 10.2. The largest absolute Gasteiger partial charge is 0.481 e. The number of nitrogens with zero attached hydrogens (tertiary/aromatic N) is 1. The van der Waals surface area contributed by atoms with E-state index in [4.69, 9.17) is 9.84 Å². The van der Waals surface area contributed by atoms with E-state index in [2.05, 4.69) is 0 Å². The van der Waals surface area contributed by atoms with E-state index in [1.54, 1.807) is 4.90 Å². The molecular weight excluding hydrogens is 246 g/mol. The Morgan fingerprint density at radius 2 is 1.89 bits per heavy atom. The molecular formula is C14H25NO4. The first kappa shape index (κ1) is 17.6. The lowest BCUT2D eigenvalue weighted by Crippen LogP contribution is -2.33. The van der Waals surface area contributed by atoms with Crippen LogP contribution in [0.1, 0.15) is 40.5 Å². The second-order valence-electron chi connectivity index (χ2n) is 4.96. The molecule has 19 heavy (non-hydrogen) atoms. The molecule has 1 N–H and O–H groups in total. The van der Waals surface area contributed by atoms with E-state index in [1.807, 2.05) is 27.7 Å². The molecule has 0 aliphatic carbocycles. The zero-order valence-electron chi connectivity index (χ0n) is 12.3. The maximum absolute atomic E-state index is 11.9. The van der Waals surface area contributed by atoms with Gasteiger partial charge in [-0.3, -0.25) is 9.59 Å². The molecule has 0 saturated carbocycles. The number of rotatable bonds is 9. The number of allylic oxidation sites excluding steroid dienone is 1. The highest BCUT2D eigenvalue weighted by Gasteiger charge is 2.12. The summed E-state index contributed by atoms with van der Waals surface area (Å²) >= 11 is 0. The number of hydrogen-bond acceptors (Lipinski definition) is 3. The van der Waals surface area contributed by atoms with Crippen LogP contribution in [0.4, 0.5) is 0 Å². The van der Waals surface area contributed by atoms with E-state index in [1.165, 1.54) is 6.08 Å². The molecule has 0 atom stereocenters. The van der Waals surface area contributed by atoms with Gasteiger partial charge >= 0.3 is 5.97 Å². The van der Waals surface area contributed by atoms with Crippen molar-refractivity contribution in [3.8, 4) is 0 Å². The van der Waals surface area contributed by atoms with Gasteiger partial charge in [-0.15, -0.1) is 0 Å². The fourth-order valence-corrected chi connectivity index (χ4v) is 1.48. The third-order valence-electron chi connectivity index (χ3n) is 2.34. The molecule has 0 aliphatic heterocycles. The highest BCUT2D eigenvalue weighted by Crippen LogP contribution is 2.01. The summed E-state index contributed by atoms with van der Waals surface area (Å²) in [5.41, 5.74) is 0.906. The van der Waals surface area contributed by atoms with Crippen molar-refractivity contribution < 1.29 is 19.4 Å². The first-order chi connectivity index (χ1) is 8.82. The normalized spacial score (nSPS) is 10.4. The van der Waals surface area contributed by atoms with Crippen LogP contribution in [0.15, 0.2) is 11.6 Å². The van der Waals surface area contributed by atoms with Crippen molar-refractivity contribution in [3.05, 3.63) is 11.6 Å². The highest BCUT2D eigenvalue weighted by molar-refractivity contribution is 5.88. The summed E-state index contributed by atoms with van der Waals surface area (Å²) in [5.74, 6) is -1.03. The van der Waals surface area contributed by atoms with Crippen molar-refractivity contribution in [2.75, 3.05) is 19.7 Å². The predicted octanol–water partition coefficient (Wildman–Crippen LogP) is 2.07. The van der Waals surface area contributed by atoms with Crippen LogP contribution in [0.25, 0.3) is 0 Å². The number of carboxylic acid groups (broad SMARTS) is 1. The fraction of sp³-hybridized carbons (Fsp3) is 0.714. The van der Waals surface area contributed by atoms with Gasteiger partial charge in [0.05, 0.1) is 12.5 Å².